The lowest BCUT2D eigenvalue weighted by atomic mass is 10.1. The molecule has 0 bridgehead atoms. The summed E-state index contributed by atoms with van der Waals surface area (Å²) in [7, 11) is 1.58. The number of nitrogens with one attached hydrogen (secondary N) is 3. The van der Waals surface area contributed by atoms with Crippen LogP contribution in [-0.2, 0) is 0 Å². The van der Waals surface area contributed by atoms with Crippen LogP contribution in [0.15, 0.2) is 24.3 Å². The Balaban J connectivity index is 1.81. The van der Waals surface area contributed by atoms with Crippen molar-refractivity contribution >= 4 is 11.7 Å². The van der Waals surface area contributed by atoms with Crippen LogP contribution in [-0.4, -0.2) is 32.8 Å². The average molecular weight is 235 g/mol. The van der Waals surface area contributed by atoms with Crippen molar-refractivity contribution < 1.29 is 9.53 Å². The topological polar surface area (TPSA) is 62.4 Å². The highest BCUT2D eigenvalue weighted by Crippen LogP contribution is 2.16. The molecule has 92 valence electrons. The highest BCUT2D eigenvalue weighted by atomic mass is 16.5. The molecule has 3 N–H and O–H groups in total. The van der Waals surface area contributed by atoms with Gasteiger partial charge in [-0.2, -0.15) is 0 Å². The van der Waals surface area contributed by atoms with Crippen molar-refractivity contribution in [2.75, 3.05) is 32.1 Å². The van der Waals surface area contributed by atoms with Crippen LogP contribution in [0.3, 0.4) is 0 Å². The number of amides is 2. The number of carbonyl (C=O) groups is 1. The second-order valence-electron chi connectivity index (χ2n) is 4.06. The van der Waals surface area contributed by atoms with E-state index in [4.69, 9.17) is 4.74 Å². The summed E-state index contributed by atoms with van der Waals surface area (Å²) < 4.78 is 5.63. The molecule has 0 radical (unpaired) electrons. The number of urea groups is 1. The molecule has 1 aromatic rings. The molecule has 1 heterocycles. The number of hydrogen-bond donors (Lipinski definition) is 3. The van der Waals surface area contributed by atoms with Crippen molar-refractivity contribution in [2.45, 2.75) is 0 Å². The second-order valence-corrected chi connectivity index (χ2v) is 4.06. The third kappa shape index (κ3) is 3.35. The van der Waals surface area contributed by atoms with Crippen LogP contribution in [0.2, 0.25) is 0 Å². The molecule has 1 fully saturated rings. The van der Waals surface area contributed by atoms with Gasteiger partial charge < -0.3 is 20.7 Å². The van der Waals surface area contributed by atoms with E-state index in [1.807, 2.05) is 24.3 Å². The van der Waals surface area contributed by atoms with Gasteiger partial charge in [-0.15, -0.1) is 0 Å². The van der Waals surface area contributed by atoms with Crippen molar-refractivity contribution in [3.05, 3.63) is 24.3 Å². The van der Waals surface area contributed by atoms with E-state index in [0.717, 1.165) is 31.1 Å². The van der Waals surface area contributed by atoms with Gasteiger partial charge in [0.15, 0.2) is 0 Å². The number of anilines is 1. The summed E-state index contributed by atoms with van der Waals surface area (Å²) in [5, 5.41) is 8.39. The smallest absolute Gasteiger partial charge is 0.318 e. The minimum absolute atomic E-state index is 0.223. The average Bonchev–Trinajstić information content (AvgIpc) is 2.29. The zero-order chi connectivity index (χ0) is 12.1. The third-order valence-corrected chi connectivity index (χ3v) is 2.69. The van der Waals surface area contributed by atoms with Crippen LogP contribution >= 0.6 is 0 Å². The monoisotopic (exact) mass is 235 g/mol. The van der Waals surface area contributed by atoms with E-state index in [1.54, 1.807) is 7.05 Å². The first-order chi connectivity index (χ1) is 8.28. The highest BCUT2D eigenvalue weighted by Gasteiger charge is 2.16. The van der Waals surface area contributed by atoms with Crippen LogP contribution in [0, 0.1) is 5.92 Å². The summed E-state index contributed by atoms with van der Waals surface area (Å²) >= 11 is 0. The lowest BCUT2D eigenvalue weighted by molar-refractivity contribution is 0.199. The van der Waals surface area contributed by atoms with E-state index >= 15 is 0 Å². The first-order valence-corrected chi connectivity index (χ1v) is 5.70. The molecular formula is C12H17N3O2. The maximum Gasteiger partial charge on any atom is 0.318 e. The molecule has 2 rings (SSSR count). The number of hydrogen-bond acceptors (Lipinski definition) is 3. The Bertz CT molecular complexity index is 374. The fourth-order valence-electron chi connectivity index (χ4n) is 1.51. The molecule has 0 saturated carbocycles. The molecule has 1 aliphatic rings. The maximum atomic E-state index is 11.1. The van der Waals surface area contributed by atoms with E-state index in [1.165, 1.54) is 0 Å². The van der Waals surface area contributed by atoms with Gasteiger partial charge in [0.1, 0.15) is 5.75 Å². The van der Waals surface area contributed by atoms with Gasteiger partial charge in [0, 0.05) is 31.7 Å². The number of ether oxygens (including phenoxy) is 1. The Morgan fingerprint density at radius 1 is 1.41 bits per heavy atom. The predicted molar refractivity (Wildman–Crippen MR) is 66.4 cm³/mol. The van der Waals surface area contributed by atoms with Gasteiger partial charge in [-0.1, -0.05) is 0 Å². The van der Waals surface area contributed by atoms with Gasteiger partial charge in [0.2, 0.25) is 0 Å². The van der Waals surface area contributed by atoms with Gasteiger partial charge in [0.05, 0.1) is 6.61 Å². The first kappa shape index (κ1) is 11.7. The standard InChI is InChI=1S/C12H17N3O2/c1-13-12(16)15-10-2-4-11(5-3-10)17-8-9-6-14-7-9/h2-5,9,14H,6-8H2,1H3,(H2,13,15,16). The van der Waals surface area contributed by atoms with E-state index < -0.39 is 0 Å². The molecule has 0 atom stereocenters. The molecule has 2 amide bonds. The molecule has 5 heteroatoms. The molecule has 0 unspecified atom stereocenters. The van der Waals surface area contributed by atoms with Crippen LogP contribution in [0.1, 0.15) is 0 Å². The Morgan fingerprint density at radius 3 is 2.65 bits per heavy atom. The van der Waals surface area contributed by atoms with Crippen molar-refractivity contribution in [2.24, 2.45) is 5.92 Å². The summed E-state index contributed by atoms with van der Waals surface area (Å²) in [6.45, 7) is 2.82. The van der Waals surface area contributed by atoms with Gasteiger partial charge in [0.25, 0.3) is 0 Å². The minimum atomic E-state index is -0.223. The fourth-order valence-corrected chi connectivity index (χ4v) is 1.51. The fraction of sp³-hybridized carbons (Fsp3) is 0.417. The Hall–Kier alpha value is -1.75. The van der Waals surface area contributed by atoms with Crippen molar-refractivity contribution in [3.8, 4) is 5.75 Å². The molecule has 0 spiro atoms. The van der Waals surface area contributed by atoms with Crippen molar-refractivity contribution in [1.82, 2.24) is 10.6 Å². The van der Waals surface area contributed by atoms with Gasteiger partial charge in [-0.25, -0.2) is 4.79 Å². The van der Waals surface area contributed by atoms with Gasteiger partial charge in [-0.3, -0.25) is 0 Å². The van der Waals surface area contributed by atoms with Crippen LogP contribution in [0.25, 0.3) is 0 Å². The summed E-state index contributed by atoms with van der Waals surface area (Å²) in [5.74, 6) is 1.46. The van der Waals surface area contributed by atoms with Crippen molar-refractivity contribution in [3.63, 3.8) is 0 Å². The number of benzene rings is 1. The van der Waals surface area contributed by atoms with E-state index in [9.17, 15) is 4.79 Å². The molecule has 0 aliphatic carbocycles. The third-order valence-electron chi connectivity index (χ3n) is 2.69. The normalized spacial score (nSPS) is 14.9. The van der Waals surface area contributed by atoms with Crippen molar-refractivity contribution in [1.29, 1.82) is 0 Å². The lowest BCUT2D eigenvalue weighted by Crippen LogP contribution is -2.45. The SMILES string of the molecule is CNC(=O)Nc1ccc(OCC2CNC2)cc1. The summed E-state index contributed by atoms with van der Waals surface area (Å²) in [5.41, 5.74) is 0.752. The number of carbonyl (C=O) groups excluding carboxylic acids is 1. The quantitative estimate of drug-likeness (QED) is 0.730. The Labute approximate surface area is 101 Å². The summed E-state index contributed by atoms with van der Waals surface area (Å²) in [4.78, 5) is 11.1. The summed E-state index contributed by atoms with van der Waals surface area (Å²) in [6.07, 6.45) is 0. The maximum absolute atomic E-state index is 11.1. The largest absolute Gasteiger partial charge is 0.493 e. The van der Waals surface area contributed by atoms with Crippen LogP contribution in [0.5, 0.6) is 5.75 Å². The second kappa shape index (κ2) is 5.54. The van der Waals surface area contributed by atoms with Crippen LogP contribution in [0.4, 0.5) is 10.5 Å². The minimum Gasteiger partial charge on any atom is -0.493 e. The molecule has 1 aromatic carbocycles. The zero-order valence-electron chi connectivity index (χ0n) is 9.82. The molecular weight excluding hydrogens is 218 g/mol. The zero-order valence-corrected chi connectivity index (χ0v) is 9.82. The lowest BCUT2D eigenvalue weighted by Gasteiger charge is -2.26. The van der Waals surface area contributed by atoms with Crippen LogP contribution < -0.4 is 20.7 Å². The Kier molecular flexibility index (Phi) is 3.82. The van der Waals surface area contributed by atoms with E-state index in [-0.39, 0.29) is 6.03 Å². The Morgan fingerprint density at radius 2 is 2.12 bits per heavy atom. The van der Waals surface area contributed by atoms with E-state index in [0.29, 0.717) is 5.92 Å². The molecule has 5 nitrogen and oxygen atoms in total. The molecule has 1 saturated heterocycles. The van der Waals surface area contributed by atoms with Gasteiger partial charge >= 0.3 is 6.03 Å². The molecule has 0 aromatic heterocycles. The first-order valence-electron chi connectivity index (χ1n) is 5.70. The molecule has 1 aliphatic heterocycles. The highest BCUT2D eigenvalue weighted by molar-refractivity contribution is 5.88. The predicted octanol–water partition coefficient (Wildman–Crippen LogP) is 1.04. The van der Waals surface area contributed by atoms with Gasteiger partial charge in [-0.05, 0) is 24.3 Å². The van der Waals surface area contributed by atoms with E-state index in [2.05, 4.69) is 16.0 Å². The summed E-state index contributed by atoms with van der Waals surface area (Å²) in [6, 6.07) is 7.14. The molecule has 17 heavy (non-hydrogen) atoms. The number of rotatable bonds is 4.